The van der Waals surface area contributed by atoms with Gasteiger partial charge in [-0.1, -0.05) is 13.8 Å². The molecule has 0 aliphatic carbocycles. The van der Waals surface area contributed by atoms with Crippen molar-refractivity contribution in [2.24, 2.45) is 11.3 Å². The molecule has 1 fully saturated rings. The van der Waals surface area contributed by atoms with E-state index in [-0.39, 0.29) is 17.3 Å². The Bertz CT molecular complexity index is 177. The number of carbonyl (C=O) groups is 1. The normalized spacial score (nSPS) is 28.1. The van der Waals surface area contributed by atoms with E-state index < -0.39 is 0 Å². The summed E-state index contributed by atoms with van der Waals surface area (Å²) in [6.07, 6.45) is 1.03. The second kappa shape index (κ2) is 3.44. The zero-order valence-electron chi connectivity index (χ0n) is 8.02. The third-order valence-corrected chi connectivity index (χ3v) is 2.72. The third-order valence-electron chi connectivity index (χ3n) is 2.72. The highest BCUT2D eigenvalue weighted by atomic mass is 16.5. The highest BCUT2D eigenvalue weighted by Crippen LogP contribution is 2.33. The van der Waals surface area contributed by atoms with Gasteiger partial charge in [0.1, 0.15) is 0 Å². The molecule has 1 aliphatic rings. The third kappa shape index (κ3) is 1.78. The van der Waals surface area contributed by atoms with Gasteiger partial charge in [0.15, 0.2) is 0 Å². The predicted molar refractivity (Wildman–Crippen MR) is 46.8 cm³/mol. The lowest BCUT2D eigenvalue weighted by atomic mass is 9.74. The molecule has 0 saturated carbocycles. The average Bonchev–Trinajstić information content (AvgIpc) is 2.02. The maximum atomic E-state index is 11.3. The van der Waals surface area contributed by atoms with Gasteiger partial charge in [0.05, 0.1) is 13.0 Å². The number of methoxy groups -OCH3 is 1. The predicted octanol–water partition coefficient (Wildman–Crippen LogP) is 0.795. The Morgan fingerprint density at radius 2 is 2.25 bits per heavy atom. The number of hydrogen-bond acceptors (Lipinski definition) is 3. The van der Waals surface area contributed by atoms with E-state index in [1.54, 1.807) is 0 Å². The number of esters is 1. The SMILES string of the molecule is COC(=O)C1CNCCC1(C)C. The second-order valence-electron chi connectivity index (χ2n) is 4.02. The molecule has 1 N–H and O–H groups in total. The quantitative estimate of drug-likeness (QED) is 0.593. The molecule has 0 amide bonds. The molecule has 0 aromatic rings. The highest BCUT2D eigenvalue weighted by molar-refractivity contribution is 5.73. The monoisotopic (exact) mass is 171 g/mol. The molecule has 1 unspecified atom stereocenters. The minimum Gasteiger partial charge on any atom is -0.469 e. The van der Waals surface area contributed by atoms with Crippen molar-refractivity contribution in [1.82, 2.24) is 5.32 Å². The maximum Gasteiger partial charge on any atom is 0.310 e. The van der Waals surface area contributed by atoms with E-state index in [0.29, 0.717) is 0 Å². The first-order chi connectivity index (χ1) is 5.58. The zero-order chi connectivity index (χ0) is 9.19. The van der Waals surface area contributed by atoms with Gasteiger partial charge in [-0.15, -0.1) is 0 Å². The summed E-state index contributed by atoms with van der Waals surface area (Å²) < 4.78 is 4.75. The summed E-state index contributed by atoms with van der Waals surface area (Å²) in [4.78, 5) is 11.3. The van der Waals surface area contributed by atoms with Crippen molar-refractivity contribution in [1.29, 1.82) is 0 Å². The minimum atomic E-state index is -0.0906. The van der Waals surface area contributed by atoms with Crippen LogP contribution in [-0.4, -0.2) is 26.2 Å². The van der Waals surface area contributed by atoms with Gasteiger partial charge in [-0.3, -0.25) is 4.79 Å². The molecule has 70 valence electrons. The molecular formula is C9H17NO2. The number of ether oxygens (including phenoxy) is 1. The van der Waals surface area contributed by atoms with Crippen LogP contribution in [0.2, 0.25) is 0 Å². The smallest absolute Gasteiger partial charge is 0.310 e. The minimum absolute atomic E-state index is 0.0104. The van der Waals surface area contributed by atoms with E-state index in [2.05, 4.69) is 19.2 Å². The Morgan fingerprint density at radius 1 is 1.58 bits per heavy atom. The van der Waals surface area contributed by atoms with E-state index in [1.807, 2.05) is 0 Å². The van der Waals surface area contributed by atoms with Gasteiger partial charge in [0, 0.05) is 6.54 Å². The number of nitrogens with one attached hydrogen (secondary N) is 1. The first-order valence-corrected chi connectivity index (χ1v) is 4.36. The van der Waals surface area contributed by atoms with Gasteiger partial charge in [-0.2, -0.15) is 0 Å². The summed E-state index contributed by atoms with van der Waals surface area (Å²) in [5.74, 6) is -0.0801. The van der Waals surface area contributed by atoms with Gasteiger partial charge in [0.2, 0.25) is 0 Å². The Labute approximate surface area is 73.5 Å². The Morgan fingerprint density at radius 3 is 2.75 bits per heavy atom. The Kier molecular flexibility index (Phi) is 2.73. The van der Waals surface area contributed by atoms with Crippen LogP contribution < -0.4 is 5.32 Å². The average molecular weight is 171 g/mol. The Balaban J connectivity index is 2.66. The summed E-state index contributed by atoms with van der Waals surface area (Å²) in [6.45, 7) is 5.99. The topological polar surface area (TPSA) is 38.3 Å². The van der Waals surface area contributed by atoms with E-state index in [4.69, 9.17) is 4.74 Å². The van der Waals surface area contributed by atoms with E-state index >= 15 is 0 Å². The van der Waals surface area contributed by atoms with Crippen molar-refractivity contribution in [3.05, 3.63) is 0 Å². The lowest BCUT2D eigenvalue weighted by Crippen LogP contribution is -2.46. The largest absolute Gasteiger partial charge is 0.469 e. The Hall–Kier alpha value is -0.570. The van der Waals surface area contributed by atoms with Crippen molar-refractivity contribution in [2.45, 2.75) is 20.3 Å². The van der Waals surface area contributed by atoms with Gasteiger partial charge >= 0.3 is 5.97 Å². The first kappa shape index (κ1) is 9.52. The number of rotatable bonds is 1. The van der Waals surface area contributed by atoms with Crippen LogP contribution in [0.1, 0.15) is 20.3 Å². The van der Waals surface area contributed by atoms with Crippen LogP contribution in [0.15, 0.2) is 0 Å². The summed E-state index contributed by atoms with van der Waals surface area (Å²) in [5.41, 5.74) is 0.0817. The van der Waals surface area contributed by atoms with Crippen LogP contribution in [0.3, 0.4) is 0 Å². The molecule has 1 atom stereocenters. The van der Waals surface area contributed by atoms with Crippen molar-refractivity contribution < 1.29 is 9.53 Å². The number of piperidine rings is 1. The standard InChI is InChI=1S/C9H17NO2/c1-9(2)4-5-10-6-7(9)8(11)12-3/h7,10H,4-6H2,1-3H3. The molecule has 0 aromatic heterocycles. The fourth-order valence-corrected chi connectivity index (χ4v) is 1.65. The molecule has 0 aromatic carbocycles. The van der Waals surface area contributed by atoms with Gasteiger partial charge < -0.3 is 10.1 Å². The molecule has 1 saturated heterocycles. The van der Waals surface area contributed by atoms with Crippen molar-refractivity contribution in [2.75, 3.05) is 20.2 Å². The molecule has 0 radical (unpaired) electrons. The first-order valence-electron chi connectivity index (χ1n) is 4.36. The van der Waals surface area contributed by atoms with Crippen LogP contribution >= 0.6 is 0 Å². The summed E-state index contributed by atoms with van der Waals surface area (Å²) >= 11 is 0. The fourth-order valence-electron chi connectivity index (χ4n) is 1.65. The molecule has 0 spiro atoms. The molecule has 3 nitrogen and oxygen atoms in total. The molecule has 1 aliphatic heterocycles. The van der Waals surface area contributed by atoms with Crippen LogP contribution in [0.4, 0.5) is 0 Å². The lowest BCUT2D eigenvalue weighted by Gasteiger charge is -2.36. The van der Waals surface area contributed by atoms with Gasteiger partial charge in [-0.25, -0.2) is 0 Å². The molecule has 3 heteroatoms. The van der Waals surface area contributed by atoms with E-state index in [1.165, 1.54) is 7.11 Å². The van der Waals surface area contributed by atoms with Crippen molar-refractivity contribution >= 4 is 5.97 Å². The second-order valence-corrected chi connectivity index (χ2v) is 4.02. The van der Waals surface area contributed by atoms with Crippen LogP contribution in [0, 0.1) is 11.3 Å². The van der Waals surface area contributed by atoms with Gasteiger partial charge in [0.25, 0.3) is 0 Å². The summed E-state index contributed by atoms with van der Waals surface area (Å²) in [6, 6.07) is 0. The van der Waals surface area contributed by atoms with Gasteiger partial charge in [-0.05, 0) is 18.4 Å². The van der Waals surface area contributed by atoms with E-state index in [9.17, 15) is 4.79 Å². The molecular weight excluding hydrogens is 154 g/mol. The van der Waals surface area contributed by atoms with Crippen LogP contribution in [0.5, 0.6) is 0 Å². The molecule has 12 heavy (non-hydrogen) atoms. The van der Waals surface area contributed by atoms with Crippen molar-refractivity contribution in [3.8, 4) is 0 Å². The summed E-state index contributed by atoms with van der Waals surface area (Å²) in [5, 5.41) is 3.20. The lowest BCUT2D eigenvalue weighted by molar-refractivity contribution is -0.150. The number of hydrogen-bond donors (Lipinski definition) is 1. The van der Waals surface area contributed by atoms with E-state index in [0.717, 1.165) is 19.5 Å². The van der Waals surface area contributed by atoms with Crippen LogP contribution in [0.25, 0.3) is 0 Å². The maximum absolute atomic E-state index is 11.3. The molecule has 1 rings (SSSR count). The zero-order valence-corrected chi connectivity index (χ0v) is 8.02. The molecule has 0 bridgehead atoms. The molecule has 1 heterocycles. The summed E-state index contributed by atoms with van der Waals surface area (Å²) in [7, 11) is 1.45. The number of carbonyl (C=O) groups excluding carboxylic acids is 1. The highest BCUT2D eigenvalue weighted by Gasteiger charge is 2.37. The fraction of sp³-hybridized carbons (Fsp3) is 0.889. The van der Waals surface area contributed by atoms with Crippen molar-refractivity contribution in [3.63, 3.8) is 0 Å². The van der Waals surface area contributed by atoms with Crippen LogP contribution in [-0.2, 0) is 9.53 Å².